The van der Waals surface area contributed by atoms with Crippen LogP contribution in [0.4, 0.5) is 0 Å². The molecule has 3 nitrogen and oxygen atoms in total. The van der Waals surface area contributed by atoms with Crippen LogP contribution in [-0.4, -0.2) is 17.0 Å². The van der Waals surface area contributed by atoms with Crippen molar-refractivity contribution in [3.05, 3.63) is 47.8 Å². The van der Waals surface area contributed by atoms with Crippen molar-refractivity contribution in [2.75, 3.05) is 7.05 Å². The molecule has 0 aliphatic carbocycles. The topological polar surface area (TPSA) is 37.8 Å². The summed E-state index contributed by atoms with van der Waals surface area (Å²) in [5, 5.41) is 3.86. The molecular formula is C13H15N3S. The van der Waals surface area contributed by atoms with Crippen LogP contribution >= 0.6 is 11.8 Å². The lowest BCUT2D eigenvalue weighted by molar-refractivity contribution is 0.793. The molecule has 0 saturated carbocycles. The van der Waals surface area contributed by atoms with E-state index < -0.39 is 0 Å². The highest BCUT2D eigenvalue weighted by molar-refractivity contribution is 7.99. The Labute approximate surface area is 106 Å². The van der Waals surface area contributed by atoms with Crippen molar-refractivity contribution in [2.24, 2.45) is 0 Å². The summed E-state index contributed by atoms with van der Waals surface area (Å²) in [4.78, 5) is 9.82. The maximum absolute atomic E-state index is 4.33. The average Bonchev–Trinajstić information content (AvgIpc) is 2.35. The minimum absolute atomic E-state index is 0.786. The van der Waals surface area contributed by atoms with Crippen LogP contribution in [0.3, 0.4) is 0 Å². The van der Waals surface area contributed by atoms with E-state index >= 15 is 0 Å². The van der Waals surface area contributed by atoms with Gasteiger partial charge in [-0.2, -0.15) is 0 Å². The van der Waals surface area contributed by atoms with E-state index in [9.17, 15) is 0 Å². The lowest BCUT2D eigenvalue weighted by atomic mass is 10.2. The first-order chi connectivity index (χ1) is 8.28. The van der Waals surface area contributed by atoms with Crippen LogP contribution in [0, 0.1) is 6.92 Å². The Morgan fingerprint density at radius 1 is 1.12 bits per heavy atom. The molecule has 0 saturated heterocycles. The predicted octanol–water partition coefficient (Wildman–Crippen LogP) is 2.66. The maximum atomic E-state index is 4.33. The minimum Gasteiger partial charge on any atom is -0.316 e. The van der Waals surface area contributed by atoms with Crippen molar-refractivity contribution in [2.45, 2.75) is 23.5 Å². The highest BCUT2D eigenvalue weighted by Gasteiger charge is 2.00. The first-order valence-corrected chi connectivity index (χ1v) is 6.29. The standard InChI is InChI=1S/C13H15N3S/c1-10-3-5-12(6-4-10)17-13-15-8-11(7-14-2)9-16-13/h3-6,8-9,14H,7H2,1-2H3. The summed E-state index contributed by atoms with van der Waals surface area (Å²) in [7, 11) is 1.91. The maximum Gasteiger partial charge on any atom is 0.192 e. The van der Waals surface area contributed by atoms with E-state index in [0.29, 0.717) is 0 Å². The van der Waals surface area contributed by atoms with Crippen LogP contribution in [0.5, 0.6) is 0 Å². The van der Waals surface area contributed by atoms with Crippen LogP contribution in [0.2, 0.25) is 0 Å². The fourth-order valence-electron chi connectivity index (χ4n) is 1.40. The van der Waals surface area contributed by atoms with E-state index in [4.69, 9.17) is 0 Å². The van der Waals surface area contributed by atoms with Gasteiger partial charge in [-0.15, -0.1) is 0 Å². The Hall–Kier alpha value is -1.39. The third-order valence-corrected chi connectivity index (χ3v) is 3.19. The third kappa shape index (κ3) is 3.54. The van der Waals surface area contributed by atoms with Gasteiger partial charge in [-0.05, 0) is 37.9 Å². The van der Waals surface area contributed by atoms with E-state index in [0.717, 1.165) is 22.2 Å². The second-order valence-corrected chi connectivity index (χ2v) is 4.86. The molecular weight excluding hydrogens is 230 g/mol. The number of benzene rings is 1. The van der Waals surface area contributed by atoms with E-state index in [1.807, 2.05) is 19.4 Å². The quantitative estimate of drug-likeness (QED) is 0.840. The molecule has 0 fully saturated rings. The fraction of sp³-hybridized carbons (Fsp3) is 0.231. The molecule has 1 aromatic heterocycles. The predicted molar refractivity (Wildman–Crippen MR) is 70.1 cm³/mol. The number of aromatic nitrogens is 2. The summed E-state index contributed by atoms with van der Waals surface area (Å²) in [6, 6.07) is 8.37. The Morgan fingerprint density at radius 3 is 2.35 bits per heavy atom. The molecule has 0 atom stereocenters. The third-order valence-electron chi connectivity index (χ3n) is 2.29. The van der Waals surface area contributed by atoms with Gasteiger partial charge in [-0.3, -0.25) is 0 Å². The molecule has 2 rings (SSSR count). The van der Waals surface area contributed by atoms with Gasteiger partial charge < -0.3 is 5.32 Å². The lowest BCUT2D eigenvalue weighted by Crippen LogP contribution is -2.05. The van der Waals surface area contributed by atoms with Gasteiger partial charge in [0.25, 0.3) is 0 Å². The highest BCUT2D eigenvalue weighted by Crippen LogP contribution is 2.24. The molecule has 0 spiro atoms. The Kier molecular flexibility index (Phi) is 4.12. The number of aryl methyl sites for hydroxylation is 1. The van der Waals surface area contributed by atoms with E-state index in [1.165, 1.54) is 5.56 Å². The van der Waals surface area contributed by atoms with Gasteiger partial charge in [0.1, 0.15) is 0 Å². The number of nitrogens with one attached hydrogen (secondary N) is 1. The summed E-state index contributed by atoms with van der Waals surface area (Å²) in [6.07, 6.45) is 3.72. The SMILES string of the molecule is CNCc1cnc(Sc2ccc(C)cc2)nc1. The van der Waals surface area contributed by atoms with E-state index in [1.54, 1.807) is 11.8 Å². The zero-order chi connectivity index (χ0) is 12.1. The van der Waals surface area contributed by atoms with Crippen LogP contribution < -0.4 is 5.32 Å². The average molecular weight is 245 g/mol. The van der Waals surface area contributed by atoms with Crippen LogP contribution in [0.1, 0.15) is 11.1 Å². The Morgan fingerprint density at radius 2 is 1.76 bits per heavy atom. The van der Waals surface area contributed by atoms with Crippen molar-refractivity contribution < 1.29 is 0 Å². The first-order valence-electron chi connectivity index (χ1n) is 5.48. The van der Waals surface area contributed by atoms with Crippen LogP contribution in [0.15, 0.2) is 46.7 Å². The van der Waals surface area contributed by atoms with Crippen molar-refractivity contribution in [1.82, 2.24) is 15.3 Å². The lowest BCUT2D eigenvalue weighted by Gasteiger charge is -2.02. The summed E-state index contributed by atoms with van der Waals surface area (Å²) >= 11 is 1.58. The molecule has 1 aromatic carbocycles. The van der Waals surface area contributed by atoms with Crippen molar-refractivity contribution in [3.8, 4) is 0 Å². The van der Waals surface area contributed by atoms with Gasteiger partial charge in [-0.25, -0.2) is 9.97 Å². The van der Waals surface area contributed by atoms with Crippen LogP contribution in [-0.2, 0) is 6.54 Å². The molecule has 4 heteroatoms. The molecule has 0 amide bonds. The van der Waals surface area contributed by atoms with Gasteiger partial charge in [-0.1, -0.05) is 17.7 Å². The molecule has 0 aliphatic rings. The number of hydrogen-bond donors (Lipinski definition) is 1. The molecule has 0 radical (unpaired) electrons. The molecule has 1 N–H and O–H groups in total. The Bertz CT molecular complexity index is 465. The fourth-order valence-corrected chi connectivity index (χ4v) is 2.10. The highest BCUT2D eigenvalue weighted by atomic mass is 32.2. The summed E-state index contributed by atoms with van der Waals surface area (Å²) in [5.41, 5.74) is 2.36. The van der Waals surface area contributed by atoms with Crippen molar-refractivity contribution >= 4 is 11.8 Å². The van der Waals surface area contributed by atoms with Gasteiger partial charge in [0, 0.05) is 29.4 Å². The minimum atomic E-state index is 0.786. The second kappa shape index (κ2) is 5.80. The molecule has 17 heavy (non-hydrogen) atoms. The molecule has 1 heterocycles. The number of rotatable bonds is 4. The van der Waals surface area contributed by atoms with E-state index in [2.05, 4.69) is 46.5 Å². The zero-order valence-corrected chi connectivity index (χ0v) is 10.8. The van der Waals surface area contributed by atoms with Crippen molar-refractivity contribution in [3.63, 3.8) is 0 Å². The summed E-state index contributed by atoms with van der Waals surface area (Å²) < 4.78 is 0. The van der Waals surface area contributed by atoms with Gasteiger partial charge in [0.05, 0.1) is 0 Å². The molecule has 0 bridgehead atoms. The van der Waals surface area contributed by atoms with E-state index in [-0.39, 0.29) is 0 Å². The zero-order valence-electron chi connectivity index (χ0n) is 9.97. The Balaban J connectivity index is 2.05. The van der Waals surface area contributed by atoms with Gasteiger partial charge >= 0.3 is 0 Å². The van der Waals surface area contributed by atoms with Gasteiger partial charge in [0.2, 0.25) is 0 Å². The molecule has 88 valence electrons. The normalized spacial score (nSPS) is 10.5. The summed E-state index contributed by atoms with van der Waals surface area (Å²) in [5.74, 6) is 0. The van der Waals surface area contributed by atoms with Crippen LogP contribution in [0.25, 0.3) is 0 Å². The molecule has 0 unspecified atom stereocenters. The second-order valence-electron chi connectivity index (χ2n) is 3.82. The molecule has 0 aliphatic heterocycles. The number of nitrogens with zero attached hydrogens (tertiary/aromatic N) is 2. The largest absolute Gasteiger partial charge is 0.316 e. The summed E-state index contributed by atoms with van der Waals surface area (Å²) in [6.45, 7) is 2.88. The van der Waals surface area contributed by atoms with Gasteiger partial charge in [0.15, 0.2) is 5.16 Å². The number of hydrogen-bond acceptors (Lipinski definition) is 4. The molecule has 2 aromatic rings. The smallest absolute Gasteiger partial charge is 0.192 e. The first kappa shape index (κ1) is 12.1. The monoisotopic (exact) mass is 245 g/mol. The van der Waals surface area contributed by atoms with Crippen molar-refractivity contribution in [1.29, 1.82) is 0 Å².